The summed E-state index contributed by atoms with van der Waals surface area (Å²) >= 11 is 0. The number of carboxylic acid groups (broad SMARTS) is 3. The Balaban J connectivity index is 4.43. The summed E-state index contributed by atoms with van der Waals surface area (Å²) in [6.07, 6.45) is 24.3. The zero-order chi connectivity index (χ0) is 29.5. The molecule has 0 saturated heterocycles. The van der Waals surface area contributed by atoms with Crippen molar-refractivity contribution >= 4 is 17.9 Å². The number of unbranched alkanes of at least 4 members (excludes halogenated alkanes) is 14. The van der Waals surface area contributed by atoms with Crippen molar-refractivity contribution in [3.8, 4) is 0 Å². The predicted molar refractivity (Wildman–Crippen MR) is 156 cm³/mol. The first-order valence-corrected chi connectivity index (χ1v) is 15.7. The molecule has 0 aromatic carbocycles. The number of allylic oxidation sites excluding steroid dienone is 2. The maximum atomic E-state index is 11.6. The van der Waals surface area contributed by atoms with Crippen molar-refractivity contribution in [3.05, 3.63) is 12.2 Å². The van der Waals surface area contributed by atoms with Crippen LogP contribution in [0.1, 0.15) is 130 Å². The van der Waals surface area contributed by atoms with Crippen LogP contribution >= 0.6 is 0 Å². The zero-order valence-electron chi connectivity index (χ0n) is 25.5. The summed E-state index contributed by atoms with van der Waals surface area (Å²) in [6.45, 7) is 8.16. The number of carboxylic acids is 3. The highest BCUT2D eigenvalue weighted by Crippen LogP contribution is 2.21. The van der Waals surface area contributed by atoms with Crippen molar-refractivity contribution < 1.29 is 34.2 Å². The van der Waals surface area contributed by atoms with Gasteiger partial charge in [0.1, 0.15) is 11.8 Å². The van der Waals surface area contributed by atoms with Gasteiger partial charge in [0.25, 0.3) is 0 Å². The molecule has 0 fully saturated rings. The van der Waals surface area contributed by atoms with E-state index in [1.54, 1.807) is 20.8 Å². The zero-order valence-corrected chi connectivity index (χ0v) is 25.5. The van der Waals surface area contributed by atoms with Gasteiger partial charge in [0.2, 0.25) is 0 Å². The van der Waals surface area contributed by atoms with Crippen molar-refractivity contribution in [2.24, 2.45) is 17.8 Å². The highest BCUT2D eigenvalue weighted by Gasteiger charge is 2.36. The quantitative estimate of drug-likeness (QED) is 0.0686. The first kappa shape index (κ1) is 37.1. The van der Waals surface area contributed by atoms with Crippen LogP contribution < -0.4 is 5.11 Å². The van der Waals surface area contributed by atoms with Gasteiger partial charge >= 0.3 is 11.9 Å². The molecule has 0 bridgehead atoms. The number of hydrogen-bond donors (Lipinski definition) is 2. The molecule has 0 rings (SSSR count). The van der Waals surface area contributed by atoms with Gasteiger partial charge in [-0.15, -0.1) is 0 Å². The van der Waals surface area contributed by atoms with E-state index in [1.807, 2.05) is 0 Å². The molecule has 2 N–H and O–H groups in total. The Labute approximate surface area is 238 Å². The van der Waals surface area contributed by atoms with Crippen LogP contribution in [-0.4, -0.2) is 58.8 Å². The number of carbonyl (C=O) groups excluding carboxylic acids is 1. The van der Waals surface area contributed by atoms with Crippen LogP contribution in [-0.2, 0) is 14.4 Å². The van der Waals surface area contributed by atoms with Crippen molar-refractivity contribution in [2.75, 3.05) is 26.2 Å². The van der Waals surface area contributed by atoms with Crippen molar-refractivity contribution in [2.45, 2.75) is 130 Å². The van der Waals surface area contributed by atoms with Crippen LogP contribution in [0.4, 0.5) is 0 Å². The summed E-state index contributed by atoms with van der Waals surface area (Å²) in [4.78, 5) is 34.7. The van der Waals surface area contributed by atoms with E-state index in [-0.39, 0.29) is 24.1 Å². The third-order valence-corrected chi connectivity index (χ3v) is 7.87. The molecule has 3 unspecified atom stereocenters. The van der Waals surface area contributed by atoms with E-state index in [4.69, 9.17) is 0 Å². The smallest absolute Gasteiger partial charge is 0.311 e. The molecule has 0 aromatic rings. The molecule has 0 aromatic heterocycles. The van der Waals surface area contributed by atoms with Gasteiger partial charge in [-0.2, -0.15) is 0 Å². The fourth-order valence-electron chi connectivity index (χ4n) is 5.52. The minimum Gasteiger partial charge on any atom is -0.550 e. The van der Waals surface area contributed by atoms with Crippen LogP contribution in [0.15, 0.2) is 12.2 Å². The van der Waals surface area contributed by atoms with E-state index in [2.05, 4.69) is 19.1 Å². The molecule has 7 heteroatoms. The van der Waals surface area contributed by atoms with Gasteiger partial charge in [-0.1, -0.05) is 96.6 Å². The Bertz CT molecular complexity index is 637. The summed E-state index contributed by atoms with van der Waals surface area (Å²) in [7, 11) is 0. The Morgan fingerprint density at radius 3 is 1.36 bits per heavy atom. The third kappa shape index (κ3) is 19.8. The van der Waals surface area contributed by atoms with Gasteiger partial charge in [0.15, 0.2) is 0 Å². The van der Waals surface area contributed by atoms with Crippen molar-refractivity contribution in [1.82, 2.24) is 0 Å². The van der Waals surface area contributed by atoms with Crippen molar-refractivity contribution in [1.29, 1.82) is 0 Å². The van der Waals surface area contributed by atoms with E-state index in [0.717, 1.165) is 25.7 Å². The molecule has 0 spiro atoms. The molecule has 3 atom stereocenters. The maximum Gasteiger partial charge on any atom is 0.311 e. The van der Waals surface area contributed by atoms with Crippen LogP contribution in [0.5, 0.6) is 0 Å². The molecule has 228 valence electrons. The number of nitrogens with zero attached hydrogens (tertiary/aromatic N) is 1. The number of hydrogen-bond acceptors (Lipinski definition) is 4. The first-order valence-electron chi connectivity index (χ1n) is 15.7. The average molecular weight is 554 g/mol. The number of carbonyl (C=O) groups is 3. The summed E-state index contributed by atoms with van der Waals surface area (Å²) in [5, 5.41) is 30.5. The van der Waals surface area contributed by atoms with Gasteiger partial charge in [0.05, 0.1) is 26.2 Å². The molecule has 0 aliphatic carbocycles. The topological polar surface area (TPSA) is 115 Å². The van der Waals surface area contributed by atoms with E-state index >= 15 is 0 Å². The Morgan fingerprint density at radius 1 is 0.615 bits per heavy atom. The molecule has 0 aliphatic heterocycles. The highest BCUT2D eigenvalue weighted by molar-refractivity contribution is 5.70. The van der Waals surface area contributed by atoms with Gasteiger partial charge in [0, 0.05) is 11.9 Å². The molecule has 0 aliphatic rings. The minimum atomic E-state index is -1.19. The lowest BCUT2D eigenvalue weighted by Crippen LogP contribution is -2.58. The second-order valence-electron chi connectivity index (χ2n) is 12.0. The Hall–Kier alpha value is -1.89. The fraction of sp³-hybridized carbons (Fsp3) is 0.844. The van der Waals surface area contributed by atoms with Gasteiger partial charge in [-0.3, -0.25) is 9.59 Å². The standard InChI is InChI=1S/C32H59NO6/c1-5-6-7-8-9-10-11-12-13-14-15-16-17-18-19-20-21-22-23-33(24-27(2)30(34)35,25-28(3)31(36)37)26-29(4)32(38)39/h18-19,27-29H,5-17,20-26H2,1-4H3,(H2-,34,35,36,37,38,39)/b19-18+. The molecule has 7 nitrogen and oxygen atoms in total. The van der Waals surface area contributed by atoms with Crippen LogP contribution in [0.2, 0.25) is 0 Å². The summed E-state index contributed by atoms with van der Waals surface area (Å²) < 4.78 is 0.165. The lowest BCUT2D eigenvalue weighted by molar-refractivity contribution is -0.934. The molecule has 39 heavy (non-hydrogen) atoms. The maximum absolute atomic E-state index is 11.6. The lowest BCUT2D eigenvalue weighted by atomic mass is 10.0. The van der Waals surface area contributed by atoms with E-state index in [0.29, 0.717) is 6.54 Å². The summed E-state index contributed by atoms with van der Waals surface area (Å²) in [5.41, 5.74) is 0. The molecular formula is C32H59NO6. The first-order chi connectivity index (χ1) is 18.5. The number of rotatable bonds is 27. The van der Waals surface area contributed by atoms with Crippen LogP contribution in [0, 0.1) is 17.8 Å². The van der Waals surface area contributed by atoms with Crippen molar-refractivity contribution in [3.63, 3.8) is 0 Å². The van der Waals surface area contributed by atoms with E-state index in [1.165, 1.54) is 77.0 Å². The molecule has 0 radical (unpaired) electrons. The van der Waals surface area contributed by atoms with E-state index < -0.39 is 35.7 Å². The molecule has 0 amide bonds. The SMILES string of the molecule is CCCCCCCCCCCCCC/C=C/CCCC[N+](CC(C)C(=O)[O-])(CC(C)C(=O)O)CC(C)C(=O)O. The predicted octanol–water partition coefficient (Wildman–Crippen LogP) is 6.45. The molecular weight excluding hydrogens is 494 g/mol. The number of aliphatic carboxylic acids is 3. The van der Waals surface area contributed by atoms with Crippen LogP contribution in [0.3, 0.4) is 0 Å². The van der Waals surface area contributed by atoms with Gasteiger partial charge < -0.3 is 24.6 Å². The Morgan fingerprint density at radius 2 is 0.974 bits per heavy atom. The summed E-state index contributed by atoms with van der Waals surface area (Å²) in [6, 6.07) is 0. The largest absolute Gasteiger partial charge is 0.550 e. The average Bonchev–Trinajstić information content (AvgIpc) is 2.87. The van der Waals surface area contributed by atoms with Gasteiger partial charge in [-0.25, -0.2) is 0 Å². The minimum absolute atomic E-state index is 0.165. The molecule has 0 saturated carbocycles. The normalized spacial score (nSPS) is 15.6. The van der Waals surface area contributed by atoms with Crippen LogP contribution in [0.25, 0.3) is 0 Å². The van der Waals surface area contributed by atoms with Gasteiger partial charge in [-0.05, 0) is 46.0 Å². The fourth-order valence-corrected chi connectivity index (χ4v) is 5.52. The second-order valence-corrected chi connectivity index (χ2v) is 12.0. The van der Waals surface area contributed by atoms with E-state index in [9.17, 15) is 29.7 Å². The monoisotopic (exact) mass is 553 g/mol. The third-order valence-electron chi connectivity index (χ3n) is 7.87. The Kier molecular flexibility index (Phi) is 21.8. The lowest BCUT2D eigenvalue weighted by Gasteiger charge is -2.43. The second kappa shape index (κ2) is 22.9. The molecule has 0 heterocycles. The highest BCUT2D eigenvalue weighted by atomic mass is 16.4. The number of quaternary nitrogens is 1. The summed E-state index contributed by atoms with van der Waals surface area (Å²) in [5.74, 6) is -5.29.